The predicted octanol–water partition coefficient (Wildman–Crippen LogP) is 1.62. The molecule has 0 aliphatic heterocycles. The van der Waals surface area contributed by atoms with Crippen molar-refractivity contribution in [3.8, 4) is 5.82 Å². The quantitative estimate of drug-likeness (QED) is 0.606. The summed E-state index contributed by atoms with van der Waals surface area (Å²) in [6, 6.07) is 12.8. The molecule has 1 aromatic carbocycles. The smallest absolute Gasteiger partial charge is 0.267 e. The Morgan fingerprint density at radius 1 is 1.08 bits per heavy atom. The van der Waals surface area contributed by atoms with E-state index in [9.17, 15) is 9.59 Å². The third-order valence-corrected chi connectivity index (χ3v) is 3.82. The van der Waals surface area contributed by atoms with Crippen LogP contribution in [0.1, 0.15) is 0 Å². The Labute approximate surface area is 147 Å². The number of carbonyl (C=O) groups excluding carboxylic acids is 1. The molecule has 0 aliphatic carbocycles. The molecular formula is C18H14N6O2. The third-order valence-electron chi connectivity index (χ3n) is 3.82. The highest BCUT2D eigenvalue weighted by Crippen LogP contribution is 2.18. The van der Waals surface area contributed by atoms with E-state index in [-0.39, 0.29) is 12.1 Å². The molecule has 0 spiro atoms. The number of nitrogens with one attached hydrogen (secondary N) is 1. The molecule has 4 rings (SSSR count). The molecule has 0 bridgehead atoms. The van der Waals surface area contributed by atoms with E-state index in [2.05, 4.69) is 20.4 Å². The normalized spacial score (nSPS) is 10.8. The van der Waals surface area contributed by atoms with Crippen LogP contribution in [0.2, 0.25) is 0 Å². The maximum absolute atomic E-state index is 12.2. The van der Waals surface area contributed by atoms with Crippen molar-refractivity contribution >= 4 is 22.6 Å². The second kappa shape index (κ2) is 6.60. The van der Waals surface area contributed by atoms with Crippen LogP contribution in [0.4, 0.5) is 5.82 Å². The fourth-order valence-corrected chi connectivity index (χ4v) is 2.64. The predicted molar refractivity (Wildman–Crippen MR) is 96.0 cm³/mol. The maximum atomic E-state index is 12.2. The number of nitrogens with zero attached hydrogens (tertiary/aromatic N) is 5. The molecule has 3 aromatic heterocycles. The third kappa shape index (κ3) is 3.07. The summed E-state index contributed by atoms with van der Waals surface area (Å²) in [5.74, 6) is 0.464. The van der Waals surface area contributed by atoms with Gasteiger partial charge in [-0.3, -0.25) is 19.1 Å². The van der Waals surface area contributed by atoms with E-state index in [1.807, 2.05) is 41.1 Å². The number of hydrogen-bond donors (Lipinski definition) is 1. The molecule has 0 unspecified atom stereocenters. The Balaban J connectivity index is 1.62. The summed E-state index contributed by atoms with van der Waals surface area (Å²) < 4.78 is 2.99. The van der Waals surface area contributed by atoms with Gasteiger partial charge in [-0.25, -0.2) is 9.67 Å². The van der Waals surface area contributed by atoms with E-state index in [4.69, 9.17) is 0 Å². The van der Waals surface area contributed by atoms with Crippen LogP contribution in [0.5, 0.6) is 0 Å². The standard InChI is InChI=1S/C18H14N6O2/c25-17(21-15-11-19-8-9-20-15)12-24-18(26)6-5-16(22-24)23-10-7-13-3-1-2-4-14(13)23/h1-11H,12H2,(H,20,21,25). The molecule has 0 saturated carbocycles. The highest BCUT2D eigenvalue weighted by atomic mass is 16.2. The average molecular weight is 346 g/mol. The Hall–Kier alpha value is -3.81. The first kappa shape index (κ1) is 15.7. The summed E-state index contributed by atoms with van der Waals surface area (Å²) in [7, 11) is 0. The lowest BCUT2D eigenvalue weighted by Gasteiger charge is -2.09. The second-order valence-electron chi connectivity index (χ2n) is 5.57. The van der Waals surface area contributed by atoms with Gasteiger partial charge in [0.2, 0.25) is 5.91 Å². The molecule has 1 amide bonds. The number of fused-ring (bicyclic) bond motifs is 1. The number of para-hydroxylation sites is 1. The number of carbonyl (C=O) groups is 1. The van der Waals surface area contributed by atoms with Crippen LogP contribution in [0.3, 0.4) is 0 Å². The molecule has 0 atom stereocenters. The van der Waals surface area contributed by atoms with Gasteiger partial charge >= 0.3 is 0 Å². The van der Waals surface area contributed by atoms with Gasteiger partial charge in [-0.05, 0) is 23.6 Å². The van der Waals surface area contributed by atoms with Crippen LogP contribution in [0.25, 0.3) is 16.7 Å². The minimum Gasteiger partial charge on any atom is -0.308 e. The zero-order valence-electron chi connectivity index (χ0n) is 13.6. The van der Waals surface area contributed by atoms with Crippen molar-refractivity contribution in [1.29, 1.82) is 0 Å². The van der Waals surface area contributed by atoms with Crippen LogP contribution in [-0.2, 0) is 11.3 Å². The molecule has 0 aliphatic rings. The maximum Gasteiger partial charge on any atom is 0.267 e. The molecular weight excluding hydrogens is 332 g/mol. The van der Waals surface area contributed by atoms with Crippen LogP contribution >= 0.6 is 0 Å². The van der Waals surface area contributed by atoms with Gasteiger partial charge in [0.1, 0.15) is 6.54 Å². The Kier molecular flexibility index (Phi) is 3.98. The minimum absolute atomic E-state index is 0.220. The number of amides is 1. The number of benzene rings is 1. The average Bonchev–Trinajstić information content (AvgIpc) is 3.08. The van der Waals surface area contributed by atoms with E-state index in [1.54, 1.807) is 6.07 Å². The monoisotopic (exact) mass is 346 g/mol. The van der Waals surface area contributed by atoms with Gasteiger partial charge in [-0.2, -0.15) is 5.10 Å². The summed E-state index contributed by atoms with van der Waals surface area (Å²) in [6.07, 6.45) is 6.28. The summed E-state index contributed by atoms with van der Waals surface area (Å²) in [5, 5.41) is 7.96. The van der Waals surface area contributed by atoms with Crippen molar-refractivity contribution < 1.29 is 4.79 Å². The van der Waals surface area contributed by atoms with E-state index in [0.29, 0.717) is 11.6 Å². The van der Waals surface area contributed by atoms with Crippen LogP contribution in [0, 0.1) is 0 Å². The Bertz CT molecular complexity index is 1130. The first-order chi connectivity index (χ1) is 12.7. The van der Waals surface area contributed by atoms with Crippen molar-refractivity contribution in [2.45, 2.75) is 6.54 Å². The topological polar surface area (TPSA) is 94.7 Å². The summed E-state index contributed by atoms with van der Waals surface area (Å²) in [4.78, 5) is 32.1. The first-order valence-electron chi connectivity index (χ1n) is 7.91. The number of anilines is 1. The molecule has 1 N–H and O–H groups in total. The van der Waals surface area contributed by atoms with Gasteiger partial charge in [0, 0.05) is 24.7 Å². The highest BCUT2D eigenvalue weighted by Gasteiger charge is 2.10. The lowest BCUT2D eigenvalue weighted by molar-refractivity contribution is -0.117. The van der Waals surface area contributed by atoms with E-state index in [1.165, 1.54) is 24.7 Å². The van der Waals surface area contributed by atoms with Crippen molar-refractivity contribution in [3.05, 3.63) is 77.6 Å². The van der Waals surface area contributed by atoms with E-state index < -0.39 is 5.91 Å². The fourth-order valence-electron chi connectivity index (χ4n) is 2.64. The Morgan fingerprint density at radius 2 is 1.96 bits per heavy atom. The van der Waals surface area contributed by atoms with Gasteiger partial charge in [-0.15, -0.1) is 0 Å². The summed E-state index contributed by atoms with van der Waals surface area (Å²) in [5.41, 5.74) is 0.605. The summed E-state index contributed by atoms with van der Waals surface area (Å²) in [6.45, 7) is -0.220. The summed E-state index contributed by atoms with van der Waals surface area (Å²) >= 11 is 0. The molecule has 0 radical (unpaired) electrons. The van der Waals surface area contributed by atoms with Crippen LogP contribution in [0.15, 0.2) is 72.0 Å². The number of hydrogen-bond acceptors (Lipinski definition) is 5. The zero-order chi connectivity index (χ0) is 17.9. The molecule has 0 saturated heterocycles. The van der Waals surface area contributed by atoms with Gasteiger partial charge in [-0.1, -0.05) is 18.2 Å². The fraction of sp³-hybridized carbons (Fsp3) is 0.0556. The zero-order valence-corrected chi connectivity index (χ0v) is 13.6. The first-order valence-corrected chi connectivity index (χ1v) is 7.91. The lowest BCUT2D eigenvalue weighted by atomic mass is 10.2. The second-order valence-corrected chi connectivity index (χ2v) is 5.57. The van der Waals surface area contributed by atoms with Crippen molar-refractivity contribution in [1.82, 2.24) is 24.3 Å². The number of aromatic nitrogens is 5. The van der Waals surface area contributed by atoms with E-state index in [0.717, 1.165) is 15.6 Å². The molecule has 3 heterocycles. The molecule has 8 heteroatoms. The minimum atomic E-state index is -0.408. The highest BCUT2D eigenvalue weighted by molar-refractivity contribution is 5.89. The van der Waals surface area contributed by atoms with Crippen LogP contribution < -0.4 is 10.9 Å². The van der Waals surface area contributed by atoms with Gasteiger partial charge in [0.05, 0.1) is 11.7 Å². The largest absolute Gasteiger partial charge is 0.308 e. The molecule has 0 fully saturated rings. The van der Waals surface area contributed by atoms with E-state index >= 15 is 0 Å². The van der Waals surface area contributed by atoms with Crippen molar-refractivity contribution in [3.63, 3.8) is 0 Å². The molecule has 26 heavy (non-hydrogen) atoms. The van der Waals surface area contributed by atoms with Gasteiger partial charge in [0.25, 0.3) is 5.56 Å². The van der Waals surface area contributed by atoms with Crippen LogP contribution in [-0.4, -0.2) is 30.2 Å². The van der Waals surface area contributed by atoms with Gasteiger partial charge < -0.3 is 5.32 Å². The molecule has 8 nitrogen and oxygen atoms in total. The molecule has 4 aromatic rings. The molecule has 128 valence electrons. The SMILES string of the molecule is O=C(Cn1nc(-n2ccc3ccccc32)ccc1=O)Nc1cnccn1. The Morgan fingerprint density at radius 3 is 2.81 bits per heavy atom. The lowest BCUT2D eigenvalue weighted by Crippen LogP contribution is -2.30. The van der Waals surface area contributed by atoms with Crippen molar-refractivity contribution in [2.24, 2.45) is 0 Å². The van der Waals surface area contributed by atoms with Crippen molar-refractivity contribution in [2.75, 3.05) is 5.32 Å². The van der Waals surface area contributed by atoms with Gasteiger partial charge in [0.15, 0.2) is 11.6 Å². The number of rotatable bonds is 4.